The molecule has 1 aromatic heterocycles. The monoisotopic (exact) mass is 332 g/mol. The van der Waals surface area contributed by atoms with E-state index in [1.807, 2.05) is 0 Å². The van der Waals surface area contributed by atoms with E-state index < -0.39 is 0 Å². The topological polar surface area (TPSA) is 51.2 Å². The van der Waals surface area contributed by atoms with E-state index in [0.717, 1.165) is 5.56 Å². The molecule has 0 fully saturated rings. The molecule has 0 saturated heterocycles. The molecule has 1 aromatic carbocycles. The third kappa shape index (κ3) is 2.92. The van der Waals surface area contributed by atoms with Crippen LogP contribution in [0.15, 0.2) is 39.6 Å². The van der Waals surface area contributed by atoms with Gasteiger partial charge in [-0.2, -0.15) is 0 Å². The first kappa shape index (κ1) is 13.5. The highest BCUT2D eigenvalue weighted by Crippen LogP contribution is 2.28. The lowest BCUT2D eigenvalue weighted by Crippen LogP contribution is -2.29. The molecule has 0 amide bonds. The first-order valence-corrected chi connectivity index (χ1v) is 6.42. The number of halogens is 3. The number of hydrogen-bond acceptors (Lipinski definition) is 3. The minimum Gasteiger partial charge on any atom is -0.457 e. The molecule has 1 unspecified atom stereocenters. The lowest BCUT2D eigenvalue weighted by molar-refractivity contribution is 0.499. The van der Waals surface area contributed by atoms with Crippen molar-refractivity contribution in [3.8, 4) is 0 Å². The number of hydrazine groups is 1. The van der Waals surface area contributed by atoms with E-state index in [2.05, 4.69) is 21.4 Å². The number of nitrogens with two attached hydrogens (primary N) is 1. The van der Waals surface area contributed by atoms with Gasteiger partial charge in [-0.05, 0) is 52.2 Å². The Morgan fingerprint density at radius 1 is 1.44 bits per heavy atom. The van der Waals surface area contributed by atoms with Crippen LogP contribution in [0.1, 0.15) is 17.2 Å². The van der Waals surface area contributed by atoms with E-state index in [1.165, 1.54) is 18.4 Å². The maximum atomic E-state index is 13.6. The van der Waals surface area contributed by atoms with Gasteiger partial charge in [0, 0.05) is 10.6 Å². The summed E-state index contributed by atoms with van der Waals surface area (Å²) < 4.78 is 19.4. The zero-order valence-corrected chi connectivity index (χ0v) is 11.6. The second-order valence-electron chi connectivity index (χ2n) is 3.81. The first-order valence-electron chi connectivity index (χ1n) is 5.24. The second kappa shape index (κ2) is 5.84. The van der Waals surface area contributed by atoms with Crippen molar-refractivity contribution < 1.29 is 8.81 Å². The zero-order valence-electron chi connectivity index (χ0n) is 9.29. The SMILES string of the molecule is NNC(Cc1cc(Cl)ccc1F)c1ccoc1Br. The Labute approximate surface area is 117 Å². The van der Waals surface area contributed by atoms with Crippen molar-refractivity contribution in [3.63, 3.8) is 0 Å². The van der Waals surface area contributed by atoms with Crippen LogP contribution in [0, 0.1) is 5.82 Å². The average Bonchev–Trinajstić information content (AvgIpc) is 2.77. The first-order chi connectivity index (χ1) is 8.61. The van der Waals surface area contributed by atoms with Crippen LogP contribution >= 0.6 is 27.5 Å². The van der Waals surface area contributed by atoms with Gasteiger partial charge in [-0.25, -0.2) is 4.39 Å². The van der Waals surface area contributed by atoms with Crippen LogP contribution in [0.25, 0.3) is 0 Å². The van der Waals surface area contributed by atoms with E-state index in [-0.39, 0.29) is 11.9 Å². The second-order valence-corrected chi connectivity index (χ2v) is 4.97. The molecule has 1 heterocycles. The molecule has 3 nitrogen and oxygen atoms in total. The number of nitrogens with one attached hydrogen (secondary N) is 1. The Morgan fingerprint density at radius 3 is 2.83 bits per heavy atom. The van der Waals surface area contributed by atoms with Gasteiger partial charge >= 0.3 is 0 Å². The Morgan fingerprint density at radius 2 is 2.22 bits per heavy atom. The smallest absolute Gasteiger partial charge is 0.173 e. The molecule has 6 heteroatoms. The van der Waals surface area contributed by atoms with Crippen molar-refractivity contribution in [2.24, 2.45) is 5.84 Å². The normalized spacial score (nSPS) is 12.7. The van der Waals surface area contributed by atoms with E-state index in [0.29, 0.717) is 21.7 Å². The molecule has 0 aliphatic heterocycles. The molecule has 2 aromatic rings. The van der Waals surface area contributed by atoms with Crippen LogP contribution in [-0.4, -0.2) is 0 Å². The molecule has 1 atom stereocenters. The highest BCUT2D eigenvalue weighted by atomic mass is 79.9. The Kier molecular flexibility index (Phi) is 4.40. The molecule has 2 rings (SSSR count). The van der Waals surface area contributed by atoms with Gasteiger partial charge in [0.1, 0.15) is 5.82 Å². The quantitative estimate of drug-likeness (QED) is 0.664. The van der Waals surface area contributed by atoms with Gasteiger partial charge in [0.15, 0.2) is 4.67 Å². The van der Waals surface area contributed by atoms with E-state index >= 15 is 0 Å². The van der Waals surface area contributed by atoms with Gasteiger partial charge in [-0.1, -0.05) is 11.6 Å². The fourth-order valence-electron chi connectivity index (χ4n) is 1.73. The van der Waals surface area contributed by atoms with Gasteiger partial charge in [0.2, 0.25) is 0 Å². The highest BCUT2D eigenvalue weighted by molar-refractivity contribution is 9.10. The predicted octanol–water partition coefficient (Wildman–Crippen LogP) is 3.58. The van der Waals surface area contributed by atoms with Crippen LogP contribution in [0.2, 0.25) is 5.02 Å². The van der Waals surface area contributed by atoms with Crippen molar-refractivity contribution in [1.82, 2.24) is 5.43 Å². The molecular formula is C12H11BrClFN2O. The molecule has 3 N–H and O–H groups in total. The summed E-state index contributed by atoms with van der Waals surface area (Å²) in [5, 5.41) is 0.494. The largest absolute Gasteiger partial charge is 0.457 e. The molecular weight excluding hydrogens is 322 g/mol. The van der Waals surface area contributed by atoms with Crippen LogP contribution < -0.4 is 11.3 Å². The fraction of sp³-hybridized carbons (Fsp3) is 0.167. The van der Waals surface area contributed by atoms with Crippen molar-refractivity contribution >= 4 is 27.5 Å². The summed E-state index contributed by atoms with van der Waals surface area (Å²) in [5.41, 5.74) is 3.97. The van der Waals surface area contributed by atoms with Crippen LogP contribution in [0.5, 0.6) is 0 Å². The standard InChI is InChI=1S/C12H11BrClFN2O/c13-12-9(3-4-18-12)11(17-16)6-7-5-8(14)1-2-10(7)15/h1-5,11,17H,6,16H2. The number of hydrogen-bond donors (Lipinski definition) is 2. The molecule has 0 aliphatic carbocycles. The van der Waals surface area contributed by atoms with Crippen molar-refractivity contribution in [1.29, 1.82) is 0 Å². The minimum absolute atomic E-state index is 0.258. The molecule has 0 saturated carbocycles. The number of rotatable bonds is 4. The summed E-state index contributed by atoms with van der Waals surface area (Å²) in [7, 11) is 0. The van der Waals surface area contributed by atoms with E-state index in [1.54, 1.807) is 12.1 Å². The lowest BCUT2D eigenvalue weighted by atomic mass is 10.0. The minimum atomic E-state index is -0.306. The van der Waals surface area contributed by atoms with Gasteiger partial charge in [0.05, 0.1) is 12.3 Å². The Balaban J connectivity index is 2.26. The predicted molar refractivity (Wildman–Crippen MR) is 71.6 cm³/mol. The molecule has 0 aliphatic rings. The molecule has 96 valence electrons. The Hall–Kier alpha value is -0.880. The van der Waals surface area contributed by atoms with E-state index in [9.17, 15) is 4.39 Å². The summed E-state index contributed by atoms with van der Waals surface area (Å²) in [4.78, 5) is 0. The van der Waals surface area contributed by atoms with Gasteiger partial charge in [0.25, 0.3) is 0 Å². The summed E-state index contributed by atoms with van der Waals surface area (Å²) in [5.74, 6) is 5.19. The van der Waals surface area contributed by atoms with Gasteiger partial charge < -0.3 is 4.42 Å². The van der Waals surface area contributed by atoms with Gasteiger partial charge in [-0.15, -0.1) is 0 Å². The maximum absolute atomic E-state index is 13.6. The van der Waals surface area contributed by atoms with Crippen molar-refractivity contribution in [3.05, 3.63) is 57.2 Å². The fourth-order valence-corrected chi connectivity index (χ4v) is 2.44. The summed E-state index contributed by atoms with van der Waals surface area (Å²) in [6, 6.07) is 5.96. The summed E-state index contributed by atoms with van der Waals surface area (Å²) in [6.45, 7) is 0. The summed E-state index contributed by atoms with van der Waals surface area (Å²) in [6.07, 6.45) is 1.92. The zero-order chi connectivity index (χ0) is 13.1. The molecule has 0 bridgehead atoms. The molecule has 18 heavy (non-hydrogen) atoms. The maximum Gasteiger partial charge on any atom is 0.173 e. The number of benzene rings is 1. The van der Waals surface area contributed by atoms with E-state index in [4.69, 9.17) is 21.9 Å². The average molecular weight is 334 g/mol. The third-order valence-corrected chi connectivity index (χ3v) is 3.53. The van der Waals surface area contributed by atoms with Crippen LogP contribution in [-0.2, 0) is 6.42 Å². The van der Waals surface area contributed by atoms with Crippen molar-refractivity contribution in [2.45, 2.75) is 12.5 Å². The highest BCUT2D eigenvalue weighted by Gasteiger charge is 2.17. The molecule has 0 radical (unpaired) electrons. The lowest BCUT2D eigenvalue weighted by Gasteiger charge is -2.15. The summed E-state index contributed by atoms with van der Waals surface area (Å²) >= 11 is 9.13. The van der Waals surface area contributed by atoms with Crippen LogP contribution in [0.4, 0.5) is 4.39 Å². The molecule has 0 spiro atoms. The Bertz CT molecular complexity index is 547. The van der Waals surface area contributed by atoms with Crippen molar-refractivity contribution in [2.75, 3.05) is 0 Å². The number of furan rings is 1. The van der Waals surface area contributed by atoms with Gasteiger partial charge in [-0.3, -0.25) is 11.3 Å². The third-order valence-electron chi connectivity index (χ3n) is 2.65. The van der Waals surface area contributed by atoms with Crippen LogP contribution in [0.3, 0.4) is 0 Å².